The van der Waals surface area contributed by atoms with E-state index in [1.807, 2.05) is 0 Å². The molecule has 2 aromatic carbocycles. The number of carbonyl (C=O) groups is 2. The van der Waals surface area contributed by atoms with E-state index in [4.69, 9.17) is 4.74 Å². The van der Waals surface area contributed by atoms with Gasteiger partial charge in [-0.1, -0.05) is 25.0 Å². The Morgan fingerprint density at radius 1 is 0.931 bits per heavy atom. The van der Waals surface area contributed by atoms with Crippen molar-refractivity contribution in [3.8, 4) is 0 Å². The SMILES string of the molecule is O=C(OCC(=O)c1ccccc1F)c1ccc(S(=O)(=O)N2CCCCCC2)cc1. The van der Waals surface area contributed by atoms with E-state index in [1.54, 1.807) is 0 Å². The van der Waals surface area contributed by atoms with Gasteiger partial charge in [0.25, 0.3) is 0 Å². The van der Waals surface area contributed by atoms with Crippen LogP contribution in [0.25, 0.3) is 0 Å². The summed E-state index contributed by atoms with van der Waals surface area (Å²) in [7, 11) is -3.61. The van der Waals surface area contributed by atoms with Gasteiger partial charge in [0.1, 0.15) is 5.82 Å². The van der Waals surface area contributed by atoms with Crippen molar-refractivity contribution in [3.05, 3.63) is 65.5 Å². The van der Waals surface area contributed by atoms with Gasteiger partial charge < -0.3 is 4.74 Å². The number of hydrogen-bond donors (Lipinski definition) is 0. The Balaban J connectivity index is 1.64. The van der Waals surface area contributed by atoms with Crippen molar-refractivity contribution in [1.82, 2.24) is 4.31 Å². The van der Waals surface area contributed by atoms with E-state index < -0.39 is 34.2 Å². The molecule has 154 valence electrons. The molecule has 29 heavy (non-hydrogen) atoms. The Bertz CT molecular complexity index is 980. The molecule has 0 amide bonds. The van der Waals surface area contributed by atoms with E-state index in [0.717, 1.165) is 31.7 Å². The quantitative estimate of drug-likeness (QED) is 0.529. The molecule has 1 heterocycles. The van der Waals surface area contributed by atoms with Crippen LogP contribution in [0.15, 0.2) is 53.4 Å². The zero-order valence-corrected chi connectivity index (χ0v) is 16.7. The maximum atomic E-state index is 13.6. The molecule has 0 N–H and O–H groups in total. The first-order chi connectivity index (χ1) is 13.9. The van der Waals surface area contributed by atoms with E-state index in [-0.39, 0.29) is 16.0 Å². The van der Waals surface area contributed by atoms with Crippen LogP contribution in [-0.2, 0) is 14.8 Å². The molecule has 0 radical (unpaired) electrons. The second kappa shape index (κ2) is 9.28. The number of Topliss-reactive ketones (excluding diaryl/α,β-unsaturated/α-hetero) is 1. The highest BCUT2D eigenvalue weighted by Gasteiger charge is 2.25. The van der Waals surface area contributed by atoms with Crippen molar-refractivity contribution in [2.24, 2.45) is 0 Å². The van der Waals surface area contributed by atoms with Crippen LogP contribution in [-0.4, -0.2) is 44.2 Å². The molecule has 2 aromatic rings. The molecule has 8 heteroatoms. The van der Waals surface area contributed by atoms with Crippen LogP contribution in [0.4, 0.5) is 4.39 Å². The number of ketones is 1. The summed E-state index contributed by atoms with van der Waals surface area (Å²) in [5.74, 6) is -2.12. The summed E-state index contributed by atoms with van der Waals surface area (Å²) in [6, 6.07) is 10.8. The number of rotatable bonds is 6. The van der Waals surface area contributed by atoms with Crippen molar-refractivity contribution in [1.29, 1.82) is 0 Å². The Hall–Kier alpha value is -2.58. The number of halogens is 1. The van der Waals surface area contributed by atoms with Crippen molar-refractivity contribution in [2.75, 3.05) is 19.7 Å². The third-order valence-electron chi connectivity index (χ3n) is 4.80. The lowest BCUT2D eigenvalue weighted by atomic mass is 10.1. The Morgan fingerprint density at radius 2 is 1.55 bits per heavy atom. The van der Waals surface area contributed by atoms with Crippen molar-refractivity contribution in [3.63, 3.8) is 0 Å². The first-order valence-electron chi connectivity index (χ1n) is 9.44. The number of nitrogens with zero attached hydrogens (tertiary/aromatic N) is 1. The maximum Gasteiger partial charge on any atom is 0.338 e. The summed E-state index contributed by atoms with van der Waals surface area (Å²) in [6.45, 7) is 0.377. The van der Waals surface area contributed by atoms with E-state index in [0.29, 0.717) is 13.1 Å². The van der Waals surface area contributed by atoms with Gasteiger partial charge >= 0.3 is 5.97 Å². The number of benzene rings is 2. The number of ether oxygens (including phenoxy) is 1. The van der Waals surface area contributed by atoms with Crippen LogP contribution in [0.1, 0.15) is 46.4 Å². The molecule has 1 fully saturated rings. The zero-order valence-electron chi connectivity index (χ0n) is 15.8. The molecule has 0 spiro atoms. The van der Waals surface area contributed by atoms with Gasteiger partial charge in [-0.05, 0) is 49.2 Å². The lowest BCUT2D eigenvalue weighted by Gasteiger charge is -2.19. The fourth-order valence-electron chi connectivity index (χ4n) is 3.17. The summed E-state index contributed by atoms with van der Waals surface area (Å²) in [4.78, 5) is 24.2. The van der Waals surface area contributed by atoms with Gasteiger partial charge in [-0.15, -0.1) is 0 Å². The van der Waals surface area contributed by atoms with Crippen molar-refractivity contribution < 1.29 is 27.1 Å². The number of hydrogen-bond acceptors (Lipinski definition) is 5. The van der Waals surface area contributed by atoms with Crippen LogP contribution in [0.5, 0.6) is 0 Å². The standard InChI is InChI=1S/C21H22FNO5S/c22-19-8-4-3-7-18(19)20(24)15-28-21(25)16-9-11-17(12-10-16)29(26,27)23-13-5-1-2-6-14-23/h3-4,7-12H,1-2,5-6,13-15H2. The van der Waals surface area contributed by atoms with Crippen LogP contribution in [0.3, 0.4) is 0 Å². The average Bonchev–Trinajstić information content (AvgIpc) is 3.02. The number of sulfonamides is 1. The minimum absolute atomic E-state index is 0.110. The Morgan fingerprint density at radius 3 is 2.17 bits per heavy atom. The summed E-state index contributed by atoms with van der Waals surface area (Å²) in [5, 5.41) is 0. The van der Waals surface area contributed by atoms with Gasteiger partial charge in [0.15, 0.2) is 6.61 Å². The second-order valence-electron chi connectivity index (χ2n) is 6.82. The van der Waals surface area contributed by atoms with Crippen LogP contribution in [0, 0.1) is 5.82 Å². The molecule has 0 bridgehead atoms. The fourth-order valence-corrected chi connectivity index (χ4v) is 4.69. The van der Waals surface area contributed by atoms with Crippen LogP contribution in [0.2, 0.25) is 0 Å². The number of esters is 1. The van der Waals surface area contributed by atoms with E-state index >= 15 is 0 Å². The molecular formula is C21H22FNO5S. The molecule has 6 nitrogen and oxygen atoms in total. The third kappa shape index (κ3) is 5.07. The largest absolute Gasteiger partial charge is 0.454 e. The average molecular weight is 419 g/mol. The van der Waals surface area contributed by atoms with E-state index in [1.165, 1.54) is 46.8 Å². The lowest BCUT2D eigenvalue weighted by Crippen LogP contribution is -2.31. The summed E-state index contributed by atoms with van der Waals surface area (Å²) >= 11 is 0. The summed E-state index contributed by atoms with van der Waals surface area (Å²) in [6.07, 6.45) is 3.70. The molecule has 0 atom stereocenters. The molecule has 1 saturated heterocycles. The maximum absolute atomic E-state index is 13.6. The predicted molar refractivity (Wildman–Crippen MR) is 105 cm³/mol. The highest BCUT2D eigenvalue weighted by atomic mass is 32.2. The van der Waals surface area contributed by atoms with Crippen LogP contribution >= 0.6 is 0 Å². The lowest BCUT2D eigenvalue weighted by molar-refractivity contribution is 0.0473. The van der Waals surface area contributed by atoms with Gasteiger partial charge in [0.05, 0.1) is 16.0 Å². The Labute approximate surface area is 169 Å². The smallest absolute Gasteiger partial charge is 0.338 e. The molecule has 0 unspecified atom stereocenters. The molecule has 1 aliphatic rings. The van der Waals surface area contributed by atoms with Gasteiger partial charge in [-0.25, -0.2) is 17.6 Å². The van der Waals surface area contributed by atoms with E-state index in [9.17, 15) is 22.4 Å². The normalized spacial score (nSPS) is 15.5. The predicted octanol–water partition coefficient (Wildman–Crippen LogP) is 3.43. The summed E-state index contributed by atoms with van der Waals surface area (Å²) in [5.41, 5.74) is -0.0414. The topological polar surface area (TPSA) is 80.8 Å². The van der Waals surface area contributed by atoms with Crippen molar-refractivity contribution >= 4 is 21.8 Å². The highest BCUT2D eigenvalue weighted by molar-refractivity contribution is 7.89. The minimum Gasteiger partial charge on any atom is -0.454 e. The van der Waals surface area contributed by atoms with Gasteiger partial charge in [-0.2, -0.15) is 4.31 Å². The van der Waals surface area contributed by atoms with Crippen LogP contribution < -0.4 is 0 Å². The molecule has 1 aliphatic heterocycles. The molecule has 0 aliphatic carbocycles. The molecule has 3 rings (SSSR count). The first kappa shape index (κ1) is 21.1. The second-order valence-corrected chi connectivity index (χ2v) is 8.76. The minimum atomic E-state index is -3.61. The molecule has 0 aromatic heterocycles. The first-order valence-corrected chi connectivity index (χ1v) is 10.9. The highest BCUT2D eigenvalue weighted by Crippen LogP contribution is 2.21. The summed E-state index contributed by atoms with van der Waals surface area (Å²) < 4.78 is 45.5. The van der Waals surface area contributed by atoms with Gasteiger partial charge in [-0.3, -0.25) is 4.79 Å². The fraction of sp³-hybridized carbons (Fsp3) is 0.333. The van der Waals surface area contributed by atoms with Crippen molar-refractivity contribution in [2.45, 2.75) is 30.6 Å². The monoisotopic (exact) mass is 419 g/mol. The zero-order chi connectivity index (χ0) is 20.9. The third-order valence-corrected chi connectivity index (χ3v) is 6.71. The number of carbonyl (C=O) groups excluding carboxylic acids is 2. The van der Waals surface area contributed by atoms with Gasteiger partial charge in [0, 0.05) is 13.1 Å². The van der Waals surface area contributed by atoms with E-state index in [2.05, 4.69) is 0 Å². The van der Waals surface area contributed by atoms with Gasteiger partial charge in [0.2, 0.25) is 15.8 Å². The molecule has 0 saturated carbocycles. The molecular weight excluding hydrogens is 397 g/mol. The Kier molecular flexibility index (Phi) is 6.76.